The lowest BCUT2D eigenvalue weighted by molar-refractivity contribution is -0.141. The van der Waals surface area contributed by atoms with E-state index in [1.54, 1.807) is 48.7 Å². The summed E-state index contributed by atoms with van der Waals surface area (Å²) in [5.41, 5.74) is 1.85. The van der Waals surface area contributed by atoms with Crippen molar-refractivity contribution in [1.29, 1.82) is 0 Å². The Balaban J connectivity index is 1.59. The molecule has 2 aromatic carbocycles. The Hall–Kier alpha value is -5.06. The number of allylic oxidation sites excluding steroid dienone is 3. The van der Waals surface area contributed by atoms with Gasteiger partial charge >= 0.3 is 5.97 Å². The molecule has 0 fully saturated rings. The number of phenols is 1. The fraction of sp³-hybridized carbons (Fsp3) is 0.185. The van der Waals surface area contributed by atoms with Crippen LogP contribution in [-0.2, 0) is 27.5 Å². The molecule has 0 atom stereocenters. The number of ether oxygens (including phenoxy) is 4. The van der Waals surface area contributed by atoms with E-state index in [1.807, 2.05) is 0 Å². The first-order chi connectivity index (χ1) is 18.3. The van der Waals surface area contributed by atoms with Gasteiger partial charge in [-0.05, 0) is 47.5 Å². The highest BCUT2D eigenvalue weighted by Crippen LogP contribution is 2.29. The van der Waals surface area contributed by atoms with Crippen molar-refractivity contribution in [2.45, 2.75) is 13.2 Å². The maximum atomic E-state index is 12.2. The lowest BCUT2D eigenvalue weighted by atomic mass is 10.1. The summed E-state index contributed by atoms with van der Waals surface area (Å²) in [7, 11) is 4.22. The molecular weight excluding hydrogens is 494 g/mol. The van der Waals surface area contributed by atoms with Gasteiger partial charge in [-0.15, -0.1) is 5.10 Å². The number of esters is 1. The third kappa shape index (κ3) is 7.98. The number of carbonyl (C=O) groups excluding carboxylic acids is 2. The molecule has 0 saturated carbocycles. The number of aliphatic hydroxyl groups is 1. The minimum absolute atomic E-state index is 0.00338. The van der Waals surface area contributed by atoms with E-state index in [2.05, 4.69) is 15.0 Å². The molecule has 0 aliphatic rings. The second-order valence-corrected chi connectivity index (χ2v) is 7.75. The van der Waals surface area contributed by atoms with Gasteiger partial charge in [-0.2, -0.15) is 0 Å². The predicted octanol–water partition coefficient (Wildman–Crippen LogP) is 3.49. The van der Waals surface area contributed by atoms with E-state index in [-0.39, 0.29) is 30.4 Å². The van der Waals surface area contributed by atoms with Crippen LogP contribution in [0.4, 0.5) is 0 Å². The number of aromatic hydroxyl groups is 1. The van der Waals surface area contributed by atoms with E-state index < -0.39 is 11.8 Å². The molecular formula is C27H27N3O8. The van der Waals surface area contributed by atoms with E-state index >= 15 is 0 Å². The number of benzene rings is 2. The van der Waals surface area contributed by atoms with Crippen molar-refractivity contribution >= 4 is 23.9 Å². The van der Waals surface area contributed by atoms with E-state index in [0.29, 0.717) is 28.3 Å². The number of ketones is 1. The van der Waals surface area contributed by atoms with Crippen molar-refractivity contribution in [3.63, 3.8) is 0 Å². The van der Waals surface area contributed by atoms with Gasteiger partial charge in [0.1, 0.15) is 24.6 Å². The molecule has 11 heteroatoms. The molecule has 2 N–H and O–H groups in total. The minimum atomic E-state index is -0.440. The molecule has 0 aliphatic heterocycles. The predicted molar refractivity (Wildman–Crippen MR) is 138 cm³/mol. The number of rotatable bonds is 12. The van der Waals surface area contributed by atoms with E-state index in [1.165, 1.54) is 44.2 Å². The maximum absolute atomic E-state index is 12.2. The molecule has 0 spiro atoms. The van der Waals surface area contributed by atoms with Crippen molar-refractivity contribution in [1.82, 2.24) is 15.0 Å². The fourth-order valence-corrected chi connectivity index (χ4v) is 3.14. The van der Waals surface area contributed by atoms with Gasteiger partial charge in [-0.1, -0.05) is 29.5 Å². The zero-order chi connectivity index (χ0) is 27.5. The van der Waals surface area contributed by atoms with Crippen LogP contribution in [0.2, 0.25) is 0 Å². The van der Waals surface area contributed by atoms with Gasteiger partial charge in [-0.25, -0.2) is 4.68 Å². The number of carbonyl (C=O) groups is 2. The van der Waals surface area contributed by atoms with Gasteiger partial charge < -0.3 is 29.2 Å². The Labute approximate surface area is 218 Å². The summed E-state index contributed by atoms with van der Waals surface area (Å²) in [5.74, 6) is 0.0809. The number of nitrogens with zero attached hydrogens (tertiary/aromatic N) is 3. The summed E-state index contributed by atoms with van der Waals surface area (Å²) in [6.07, 6.45) is 8.48. The lowest BCUT2D eigenvalue weighted by Crippen LogP contribution is -2.11. The van der Waals surface area contributed by atoms with E-state index in [4.69, 9.17) is 14.2 Å². The van der Waals surface area contributed by atoms with Crippen molar-refractivity contribution in [3.8, 4) is 23.0 Å². The van der Waals surface area contributed by atoms with Crippen LogP contribution in [0.15, 0.2) is 66.6 Å². The molecule has 0 unspecified atom stereocenters. The summed E-state index contributed by atoms with van der Waals surface area (Å²) >= 11 is 0. The average molecular weight is 522 g/mol. The number of aliphatic hydroxyl groups excluding tert-OH is 1. The van der Waals surface area contributed by atoms with Crippen LogP contribution in [0.5, 0.6) is 23.0 Å². The van der Waals surface area contributed by atoms with Crippen LogP contribution in [0, 0.1) is 0 Å². The van der Waals surface area contributed by atoms with Crippen molar-refractivity contribution in [2.75, 3.05) is 21.3 Å². The third-order valence-electron chi connectivity index (χ3n) is 5.05. The van der Waals surface area contributed by atoms with E-state index in [9.17, 15) is 19.8 Å². The molecule has 198 valence electrons. The van der Waals surface area contributed by atoms with Crippen molar-refractivity contribution < 1.29 is 38.7 Å². The monoisotopic (exact) mass is 521 g/mol. The molecule has 3 aromatic rings. The number of hydrogen-bond acceptors (Lipinski definition) is 10. The normalized spacial score (nSPS) is 11.6. The average Bonchev–Trinajstić information content (AvgIpc) is 3.37. The number of methoxy groups -OCH3 is 3. The Bertz CT molecular complexity index is 1370. The largest absolute Gasteiger partial charge is 0.508 e. The first kappa shape index (κ1) is 27.5. The summed E-state index contributed by atoms with van der Waals surface area (Å²) in [5, 5.41) is 27.6. The van der Waals surface area contributed by atoms with Crippen molar-refractivity contribution in [3.05, 3.63) is 83.4 Å². The number of hydrogen-bond donors (Lipinski definition) is 2. The number of phenolic OH excluding ortho intramolecular Hbond substituents is 1. The Kier molecular flexibility index (Phi) is 9.64. The van der Waals surface area contributed by atoms with Crippen LogP contribution < -0.4 is 14.2 Å². The molecule has 1 aromatic heterocycles. The van der Waals surface area contributed by atoms with Gasteiger partial charge in [0.05, 0.1) is 27.5 Å². The SMILES string of the molecule is COC(=O)Cn1cc(COc2ccc(/C=C/C(O)=C/C(=O)/C=C/c3ccc(O)c(OC)c3)cc2OC)nn1. The minimum Gasteiger partial charge on any atom is -0.508 e. The summed E-state index contributed by atoms with van der Waals surface area (Å²) in [6.45, 7) is 0.0491. The second-order valence-electron chi connectivity index (χ2n) is 7.75. The molecule has 38 heavy (non-hydrogen) atoms. The van der Waals surface area contributed by atoms with Gasteiger partial charge in [0.25, 0.3) is 0 Å². The lowest BCUT2D eigenvalue weighted by Gasteiger charge is -2.10. The molecule has 0 aliphatic carbocycles. The molecule has 0 bridgehead atoms. The van der Waals surface area contributed by atoms with Crippen LogP contribution >= 0.6 is 0 Å². The van der Waals surface area contributed by atoms with Crippen LogP contribution in [0.3, 0.4) is 0 Å². The summed E-state index contributed by atoms with van der Waals surface area (Å²) in [6, 6.07) is 9.81. The van der Waals surface area contributed by atoms with Crippen LogP contribution in [0.1, 0.15) is 16.8 Å². The quantitative estimate of drug-likeness (QED) is 0.157. The smallest absolute Gasteiger partial charge is 0.327 e. The standard InChI is InChI=1S/C27H27N3O8/c1-35-25-12-18(6-10-23(25)33)4-8-21(31)14-22(32)9-5-19-7-11-24(26(13-19)36-2)38-17-20-15-30(29-28-20)16-27(34)37-3/h4-15,32-33H,16-17H2,1-3H3/b8-4+,9-5+,22-14-. The molecule has 1 heterocycles. The highest BCUT2D eigenvalue weighted by Gasteiger charge is 2.09. The maximum Gasteiger partial charge on any atom is 0.327 e. The van der Waals surface area contributed by atoms with Crippen molar-refractivity contribution in [2.24, 2.45) is 0 Å². The zero-order valence-electron chi connectivity index (χ0n) is 21.0. The molecule has 11 nitrogen and oxygen atoms in total. The Morgan fingerprint density at radius 2 is 1.63 bits per heavy atom. The molecule has 0 saturated heterocycles. The Morgan fingerprint density at radius 1 is 0.947 bits per heavy atom. The van der Waals surface area contributed by atoms with E-state index in [0.717, 1.165) is 6.08 Å². The highest BCUT2D eigenvalue weighted by atomic mass is 16.5. The van der Waals surface area contributed by atoms with Gasteiger partial charge in [-0.3, -0.25) is 9.59 Å². The van der Waals surface area contributed by atoms with Crippen LogP contribution in [0.25, 0.3) is 12.2 Å². The summed E-state index contributed by atoms with van der Waals surface area (Å²) in [4.78, 5) is 23.5. The third-order valence-corrected chi connectivity index (χ3v) is 5.05. The Morgan fingerprint density at radius 3 is 2.34 bits per heavy atom. The van der Waals surface area contributed by atoms with Crippen LogP contribution in [-0.4, -0.2) is 58.3 Å². The molecule has 0 radical (unpaired) electrons. The molecule has 3 rings (SSSR count). The fourth-order valence-electron chi connectivity index (χ4n) is 3.14. The highest BCUT2D eigenvalue weighted by molar-refractivity contribution is 6.02. The first-order valence-electron chi connectivity index (χ1n) is 11.3. The van der Waals surface area contributed by atoms with Gasteiger partial charge in [0.2, 0.25) is 0 Å². The van der Waals surface area contributed by atoms with Gasteiger partial charge in [0.15, 0.2) is 28.8 Å². The number of aromatic nitrogens is 3. The second kappa shape index (κ2) is 13.3. The topological polar surface area (TPSA) is 142 Å². The zero-order valence-corrected chi connectivity index (χ0v) is 21.0. The molecule has 0 amide bonds. The van der Waals surface area contributed by atoms with Gasteiger partial charge in [0, 0.05) is 6.08 Å². The first-order valence-corrected chi connectivity index (χ1v) is 11.3. The summed E-state index contributed by atoms with van der Waals surface area (Å²) < 4.78 is 22.1.